The summed E-state index contributed by atoms with van der Waals surface area (Å²) in [5.74, 6) is -1.47. The van der Waals surface area contributed by atoms with Crippen molar-refractivity contribution in [2.75, 3.05) is 12.1 Å². The second-order valence-electron chi connectivity index (χ2n) is 4.90. The van der Waals surface area contributed by atoms with Crippen LogP contribution in [0.4, 0.5) is 14.6 Å². The topological polar surface area (TPSA) is 143 Å². The Morgan fingerprint density at radius 2 is 2.17 bits per heavy atom. The molecule has 1 aliphatic heterocycles. The second-order valence-corrected chi connectivity index (χ2v) is 4.90. The number of aliphatic hydroxyl groups is 3. The summed E-state index contributed by atoms with van der Waals surface area (Å²) in [7, 11) is 0. The molecule has 0 aromatic carbocycles. The number of anilines is 1. The van der Waals surface area contributed by atoms with Crippen LogP contribution in [0.5, 0.6) is 0 Å². The number of rotatable bonds is 6. The second kappa shape index (κ2) is 7.61. The number of carbonyl (C=O) groups excluding carboxylic acids is 1. The van der Waals surface area contributed by atoms with Crippen LogP contribution in [-0.2, 0) is 14.4 Å². The summed E-state index contributed by atoms with van der Waals surface area (Å²) in [6.07, 6.45) is -8.06. The highest BCUT2D eigenvalue weighted by Gasteiger charge is 2.43. The summed E-state index contributed by atoms with van der Waals surface area (Å²) in [6, 6.07) is 1.16. The average molecular weight is 351 g/mol. The van der Waals surface area contributed by atoms with Crippen molar-refractivity contribution in [3.63, 3.8) is 0 Å². The van der Waals surface area contributed by atoms with E-state index in [1.165, 1.54) is 0 Å². The Morgan fingerprint density at radius 1 is 1.46 bits per heavy atom. The maximum absolute atomic E-state index is 12.0. The monoisotopic (exact) mass is 351 g/mol. The van der Waals surface area contributed by atoms with Crippen LogP contribution in [0.25, 0.3) is 0 Å². The van der Waals surface area contributed by atoms with Crippen molar-refractivity contribution in [1.29, 1.82) is 0 Å². The van der Waals surface area contributed by atoms with Gasteiger partial charge < -0.3 is 24.9 Å². The fourth-order valence-electron chi connectivity index (χ4n) is 2.05. The molecule has 0 unspecified atom stereocenters. The number of hydrogen-bond acceptors (Lipinski definition) is 9. The molecule has 2 rings (SSSR count). The molecule has 1 saturated heterocycles. The number of ether oxygens (including phenoxy) is 1. The normalized spacial score (nSPS) is 26.6. The molecule has 1 fully saturated rings. The van der Waals surface area contributed by atoms with Crippen LogP contribution in [0, 0.1) is 0 Å². The van der Waals surface area contributed by atoms with Crippen molar-refractivity contribution < 1.29 is 38.5 Å². The van der Waals surface area contributed by atoms with Gasteiger partial charge in [-0.1, -0.05) is 0 Å². The van der Waals surface area contributed by atoms with Gasteiger partial charge in [-0.25, -0.2) is 23.9 Å². The molecule has 12 heteroatoms. The molecule has 24 heavy (non-hydrogen) atoms. The molecular weight excluding hydrogens is 336 g/mol. The zero-order valence-corrected chi connectivity index (χ0v) is 12.1. The third-order valence-electron chi connectivity index (χ3n) is 3.21. The van der Waals surface area contributed by atoms with Crippen LogP contribution >= 0.6 is 0 Å². The number of nitrogens with zero attached hydrogens (tertiary/aromatic N) is 2. The summed E-state index contributed by atoms with van der Waals surface area (Å²) in [5.41, 5.74) is 1.02. The summed E-state index contributed by atoms with van der Waals surface area (Å²) < 4.78 is 29.9. The van der Waals surface area contributed by atoms with E-state index >= 15 is 0 Å². The molecule has 1 aromatic rings. The lowest BCUT2D eigenvalue weighted by atomic mass is 10.1. The van der Waals surface area contributed by atoms with Gasteiger partial charge in [0.25, 0.3) is 0 Å². The van der Waals surface area contributed by atoms with E-state index in [-0.39, 0.29) is 5.82 Å². The average Bonchev–Trinajstić information content (AvgIpc) is 2.80. The van der Waals surface area contributed by atoms with E-state index in [1.807, 2.05) is 5.48 Å². The molecule has 0 bridgehead atoms. The quantitative estimate of drug-likeness (QED) is 0.445. The van der Waals surface area contributed by atoms with E-state index in [1.54, 1.807) is 0 Å². The molecule has 0 saturated carbocycles. The number of aromatic nitrogens is 2. The van der Waals surface area contributed by atoms with Crippen LogP contribution in [0.15, 0.2) is 17.1 Å². The highest BCUT2D eigenvalue weighted by atomic mass is 19.3. The Kier molecular flexibility index (Phi) is 5.77. The van der Waals surface area contributed by atoms with Gasteiger partial charge in [0.15, 0.2) is 12.0 Å². The summed E-state index contributed by atoms with van der Waals surface area (Å²) in [6.45, 7) is -0.559. The van der Waals surface area contributed by atoms with Crippen LogP contribution < -0.4 is 11.2 Å². The predicted octanol–water partition coefficient (Wildman–Crippen LogP) is -1.62. The Bertz CT molecular complexity index is 641. The lowest BCUT2D eigenvalue weighted by Crippen LogP contribution is -2.36. The maximum atomic E-state index is 12.0. The van der Waals surface area contributed by atoms with Crippen LogP contribution in [0.1, 0.15) is 12.6 Å². The number of halogens is 2. The van der Waals surface area contributed by atoms with Crippen LogP contribution in [0.3, 0.4) is 0 Å². The molecular formula is C12H15F2N3O7. The van der Waals surface area contributed by atoms with Crippen molar-refractivity contribution >= 4 is 11.8 Å². The van der Waals surface area contributed by atoms with Crippen molar-refractivity contribution in [1.82, 2.24) is 9.55 Å². The lowest BCUT2D eigenvalue weighted by molar-refractivity contribution is -0.143. The highest BCUT2D eigenvalue weighted by molar-refractivity contribution is 5.70. The van der Waals surface area contributed by atoms with Crippen molar-refractivity contribution in [2.24, 2.45) is 0 Å². The number of hydrogen-bond donors (Lipinski definition) is 4. The molecule has 0 radical (unpaired) electrons. The number of nitrogens with one attached hydrogen (secondary N) is 1. The molecule has 4 N–H and O–H groups in total. The van der Waals surface area contributed by atoms with E-state index in [2.05, 4.69) is 9.82 Å². The Balaban J connectivity index is 2.05. The van der Waals surface area contributed by atoms with E-state index in [9.17, 15) is 28.6 Å². The zero-order chi connectivity index (χ0) is 17.9. The van der Waals surface area contributed by atoms with E-state index in [4.69, 9.17) is 9.84 Å². The minimum Gasteiger partial charge on any atom is -0.394 e. The van der Waals surface area contributed by atoms with Crippen molar-refractivity contribution in [2.45, 2.75) is 37.4 Å². The van der Waals surface area contributed by atoms with Gasteiger partial charge in [0.05, 0.1) is 6.61 Å². The molecule has 0 spiro atoms. The van der Waals surface area contributed by atoms with Gasteiger partial charge in [0, 0.05) is 12.3 Å². The lowest BCUT2D eigenvalue weighted by Gasteiger charge is -2.17. The van der Waals surface area contributed by atoms with Gasteiger partial charge in [-0.05, 0) is 0 Å². The molecule has 134 valence electrons. The first kappa shape index (κ1) is 18.2. The van der Waals surface area contributed by atoms with E-state index in [0.29, 0.717) is 0 Å². The first-order chi connectivity index (χ1) is 11.3. The third-order valence-corrected chi connectivity index (χ3v) is 3.21. The third kappa shape index (κ3) is 4.03. The minimum atomic E-state index is -2.87. The Labute approximate surface area is 133 Å². The van der Waals surface area contributed by atoms with Gasteiger partial charge in [-0.3, -0.25) is 4.57 Å². The van der Waals surface area contributed by atoms with Gasteiger partial charge in [-0.2, -0.15) is 4.98 Å². The van der Waals surface area contributed by atoms with Crippen LogP contribution in [0.2, 0.25) is 0 Å². The Hall–Kier alpha value is -2.15. The van der Waals surface area contributed by atoms with Gasteiger partial charge in [0.2, 0.25) is 6.43 Å². The molecule has 2 heterocycles. The number of carbonyl (C=O) groups is 1. The summed E-state index contributed by atoms with van der Waals surface area (Å²) >= 11 is 0. The van der Waals surface area contributed by atoms with Crippen molar-refractivity contribution in [3.05, 3.63) is 22.7 Å². The van der Waals surface area contributed by atoms with Crippen molar-refractivity contribution in [3.8, 4) is 0 Å². The zero-order valence-electron chi connectivity index (χ0n) is 12.1. The summed E-state index contributed by atoms with van der Waals surface area (Å²) in [4.78, 5) is 30.6. The van der Waals surface area contributed by atoms with Gasteiger partial charge in [-0.15, -0.1) is 0 Å². The molecule has 0 aliphatic carbocycles. The summed E-state index contributed by atoms with van der Waals surface area (Å²) in [5, 5.41) is 28.5. The fourth-order valence-corrected chi connectivity index (χ4v) is 2.05. The van der Waals surface area contributed by atoms with Gasteiger partial charge >= 0.3 is 11.7 Å². The molecule has 1 aromatic heterocycles. The smallest absolute Gasteiger partial charge is 0.351 e. The first-order valence-corrected chi connectivity index (χ1v) is 6.79. The first-order valence-electron chi connectivity index (χ1n) is 6.79. The molecule has 0 amide bonds. The highest BCUT2D eigenvalue weighted by Crippen LogP contribution is 2.28. The largest absolute Gasteiger partial charge is 0.394 e. The minimum absolute atomic E-state index is 0.231. The molecule has 10 nitrogen and oxygen atoms in total. The van der Waals surface area contributed by atoms with E-state index < -0.39 is 55.7 Å². The van der Waals surface area contributed by atoms with E-state index in [0.717, 1.165) is 16.8 Å². The maximum Gasteiger partial charge on any atom is 0.351 e. The predicted molar refractivity (Wildman–Crippen MR) is 71.8 cm³/mol. The molecule has 1 aliphatic rings. The standard InChI is InChI=1S/C12H15F2N3O7/c13-6(14)3-8(19)24-16-7-1-2-17(12(22)15-7)11-10(21)9(20)5(4-18)23-11/h1-2,5-6,9-11,18,20-21H,3-4H2,(H,15,16,22)/t5-,9-,10-,11-/m1/s1. The molecule has 4 atom stereocenters. The Morgan fingerprint density at radius 3 is 2.71 bits per heavy atom. The van der Waals surface area contributed by atoms with Crippen LogP contribution in [-0.4, -0.2) is 62.2 Å². The van der Waals surface area contributed by atoms with Gasteiger partial charge in [0.1, 0.15) is 24.7 Å². The SMILES string of the molecule is O=C(CC(F)F)ONc1ccn([C@@H]2O[C@H](CO)[C@@H](O)[C@H]2O)c(=O)n1. The number of alkyl halides is 2. The number of aliphatic hydroxyl groups excluding tert-OH is 3. The fraction of sp³-hybridized carbons (Fsp3) is 0.583.